The molecule has 4 rings (SSSR count). The molecule has 0 saturated carbocycles. The van der Waals surface area contributed by atoms with Crippen LogP contribution in [0.2, 0.25) is 5.02 Å². The van der Waals surface area contributed by atoms with Crippen molar-refractivity contribution in [3.05, 3.63) is 79.8 Å². The van der Waals surface area contributed by atoms with E-state index in [1.54, 1.807) is 24.4 Å². The van der Waals surface area contributed by atoms with Crippen molar-refractivity contribution in [1.82, 2.24) is 14.8 Å². The second kappa shape index (κ2) is 8.41. The van der Waals surface area contributed by atoms with Gasteiger partial charge >= 0.3 is 5.69 Å². The normalized spacial score (nSPS) is 13.7. The largest absolute Gasteiger partial charge is 0.365 e. The van der Waals surface area contributed by atoms with Crippen LogP contribution in [0.1, 0.15) is 5.69 Å². The molecule has 0 aliphatic carbocycles. The van der Waals surface area contributed by atoms with Gasteiger partial charge in [0, 0.05) is 32.2 Å². The Morgan fingerprint density at radius 3 is 2.39 bits per heavy atom. The molecule has 1 saturated heterocycles. The van der Waals surface area contributed by atoms with E-state index in [2.05, 4.69) is 10.1 Å². The van der Waals surface area contributed by atoms with Crippen LogP contribution in [0.5, 0.6) is 0 Å². The lowest BCUT2D eigenvalue weighted by molar-refractivity contribution is -0.385. The quantitative estimate of drug-likeness (QED) is 0.450. The molecule has 0 bridgehead atoms. The van der Waals surface area contributed by atoms with E-state index in [-0.39, 0.29) is 16.4 Å². The van der Waals surface area contributed by atoms with E-state index < -0.39 is 10.5 Å². The minimum absolute atomic E-state index is 0.0903. The molecule has 31 heavy (non-hydrogen) atoms. The van der Waals surface area contributed by atoms with E-state index in [9.17, 15) is 14.9 Å². The van der Waals surface area contributed by atoms with Gasteiger partial charge in [0.25, 0.3) is 5.56 Å². The van der Waals surface area contributed by atoms with Gasteiger partial charge in [-0.25, -0.2) is 4.98 Å². The highest BCUT2D eigenvalue weighted by Gasteiger charge is 2.24. The fourth-order valence-electron chi connectivity index (χ4n) is 3.42. The molecule has 0 unspecified atom stereocenters. The van der Waals surface area contributed by atoms with Crippen LogP contribution in [0.25, 0.3) is 5.69 Å². The molecule has 1 aliphatic rings. The highest BCUT2D eigenvalue weighted by Crippen LogP contribution is 2.26. The maximum atomic E-state index is 12.7. The minimum Gasteiger partial charge on any atom is -0.365 e. The molecule has 0 radical (unpaired) electrons. The topological polar surface area (TPSA) is 121 Å². The van der Waals surface area contributed by atoms with Gasteiger partial charge in [-0.05, 0) is 18.2 Å². The van der Waals surface area contributed by atoms with Crippen molar-refractivity contribution in [3.63, 3.8) is 0 Å². The number of nitro groups is 1. The second-order valence-corrected chi connectivity index (χ2v) is 7.15. The number of rotatable bonds is 4. The van der Waals surface area contributed by atoms with E-state index in [0.717, 1.165) is 0 Å². The van der Waals surface area contributed by atoms with Gasteiger partial charge in [0.05, 0.1) is 22.5 Å². The summed E-state index contributed by atoms with van der Waals surface area (Å²) in [6.07, 6.45) is 1.57. The second-order valence-electron chi connectivity index (χ2n) is 6.78. The van der Waals surface area contributed by atoms with Crippen LogP contribution in [0, 0.1) is 21.4 Å². The lowest BCUT2D eigenvalue weighted by Gasteiger charge is -2.36. The number of hydrogen-bond acceptors (Lipinski definition) is 8. The van der Waals surface area contributed by atoms with Crippen molar-refractivity contribution in [2.75, 3.05) is 36.0 Å². The van der Waals surface area contributed by atoms with Crippen LogP contribution >= 0.6 is 11.6 Å². The SMILES string of the molecule is N#Cc1nc(N2CCN(c3cnn(-c4ccccc4)c(=O)c3Cl)CC2)ccc1[N+](=O)[O-]. The first-order chi connectivity index (χ1) is 15.0. The number of para-hydroxylation sites is 1. The third-order valence-corrected chi connectivity index (χ3v) is 5.36. The van der Waals surface area contributed by atoms with Crippen molar-refractivity contribution in [2.45, 2.75) is 0 Å². The third kappa shape index (κ3) is 3.91. The minimum atomic E-state index is -0.625. The Kier molecular flexibility index (Phi) is 5.51. The number of aromatic nitrogens is 3. The number of piperazine rings is 1. The predicted molar refractivity (Wildman–Crippen MR) is 115 cm³/mol. The summed E-state index contributed by atoms with van der Waals surface area (Å²) in [5.74, 6) is 0.491. The maximum Gasteiger partial charge on any atom is 0.305 e. The number of pyridine rings is 1. The smallest absolute Gasteiger partial charge is 0.305 e. The highest BCUT2D eigenvalue weighted by molar-refractivity contribution is 6.33. The van der Waals surface area contributed by atoms with Gasteiger partial charge in [0.15, 0.2) is 0 Å². The molecule has 2 aromatic heterocycles. The van der Waals surface area contributed by atoms with Crippen LogP contribution < -0.4 is 15.4 Å². The average molecular weight is 438 g/mol. The highest BCUT2D eigenvalue weighted by atomic mass is 35.5. The standard InChI is InChI=1S/C20H16ClN7O3/c21-19-17(13-23-27(20(19)29)14-4-2-1-3-5-14)25-8-10-26(11-9-25)18-7-6-16(28(30)31)15(12-22)24-18/h1-7,13H,8-11H2. The van der Waals surface area contributed by atoms with E-state index >= 15 is 0 Å². The monoisotopic (exact) mass is 437 g/mol. The van der Waals surface area contributed by atoms with E-state index in [1.165, 1.54) is 16.8 Å². The first-order valence-electron chi connectivity index (χ1n) is 9.38. The molecule has 156 valence electrons. The van der Waals surface area contributed by atoms with Crippen LogP contribution in [0.3, 0.4) is 0 Å². The first kappa shape index (κ1) is 20.3. The van der Waals surface area contributed by atoms with E-state index in [1.807, 2.05) is 28.0 Å². The van der Waals surface area contributed by atoms with Gasteiger partial charge < -0.3 is 9.80 Å². The Morgan fingerprint density at radius 2 is 1.74 bits per heavy atom. The summed E-state index contributed by atoms with van der Waals surface area (Å²) < 4.78 is 1.26. The summed E-state index contributed by atoms with van der Waals surface area (Å²) in [5.41, 5.74) is 0.239. The number of nitriles is 1. The van der Waals surface area contributed by atoms with Crippen molar-refractivity contribution >= 4 is 28.8 Å². The lowest BCUT2D eigenvalue weighted by Crippen LogP contribution is -2.47. The number of hydrogen-bond donors (Lipinski definition) is 0. The molecule has 3 aromatic rings. The molecule has 0 spiro atoms. The molecule has 3 heterocycles. The molecule has 1 aromatic carbocycles. The number of halogens is 1. The summed E-state index contributed by atoms with van der Waals surface area (Å²) in [5, 5.41) is 24.5. The van der Waals surface area contributed by atoms with E-state index in [4.69, 9.17) is 16.9 Å². The molecular weight excluding hydrogens is 422 g/mol. The molecule has 1 fully saturated rings. The molecule has 0 atom stereocenters. The van der Waals surface area contributed by atoms with Crippen LogP contribution in [-0.4, -0.2) is 45.9 Å². The van der Waals surface area contributed by atoms with Crippen molar-refractivity contribution in [1.29, 1.82) is 5.26 Å². The summed E-state index contributed by atoms with van der Waals surface area (Å²) in [7, 11) is 0. The maximum absolute atomic E-state index is 12.7. The molecule has 10 nitrogen and oxygen atoms in total. The third-order valence-electron chi connectivity index (χ3n) is 5.01. The van der Waals surface area contributed by atoms with Crippen molar-refractivity contribution < 1.29 is 4.92 Å². The zero-order valence-corrected chi connectivity index (χ0v) is 16.9. The van der Waals surface area contributed by atoms with Crippen LogP contribution in [-0.2, 0) is 0 Å². The molecule has 0 N–H and O–H groups in total. The van der Waals surface area contributed by atoms with Crippen molar-refractivity contribution in [2.24, 2.45) is 0 Å². The number of nitrogens with zero attached hydrogens (tertiary/aromatic N) is 7. The van der Waals surface area contributed by atoms with Gasteiger partial charge in [0.2, 0.25) is 5.69 Å². The van der Waals surface area contributed by atoms with Gasteiger partial charge in [0.1, 0.15) is 16.9 Å². The number of benzene rings is 1. The lowest BCUT2D eigenvalue weighted by atomic mass is 10.2. The Labute approximate surface area is 181 Å². The Hall–Kier alpha value is -3.97. The Balaban J connectivity index is 1.52. The molecular formula is C20H16ClN7O3. The summed E-state index contributed by atoms with van der Waals surface area (Å²) in [6.45, 7) is 2.15. The van der Waals surface area contributed by atoms with Crippen LogP contribution in [0.15, 0.2) is 53.5 Å². The molecule has 0 amide bonds. The van der Waals surface area contributed by atoms with E-state index in [0.29, 0.717) is 43.4 Å². The molecule has 1 aliphatic heterocycles. The van der Waals surface area contributed by atoms with Crippen LogP contribution in [0.4, 0.5) is 17.2 Å². The average Bonchev–Trinajstić information content (AvgIpc) is 2.81. The van der Waals surface area contributed by atoms with Gasteiger partial charge in [-0.15, -0.1) is 0 Å². The van der Waals surface area contributed by atoms with Crippen molar-refractivity contribution in [3.8, 4) is 11.8 Å². The Bertz CT molecular complexity index is 1230. The number of anilines is 2. The van der Waals surface area contributed by atoms with Gasteiger partial charge in [-0.1, -0.05) is 29.8 Å². The zero-order chi connectivity index (χ0) is 22.0. The van der Waals surface area contributed by atoms with Gasteiger partial charge in [-0.2, -0.15) is 15.0 Å². The fourth-order valence-corrected chi connectivity index (χ4v) is 3.67. The predicted octanol–water partition coefficient (Wildman–Crippen LogP) is 2.39. The summed E-state index contributed by atoms with van der Waals surface area (Å²) in [6, 6.07) is 13.6. The fraction of sp³-hybridized carbons (Fsp3) is 0.200. The summed E-state index contributed by atoms with van der Waals surface area (Å²) >= 11 is 6.38. The van der Waals surface area contributed by atoms with Gasteiger partial charge in [-0.3, -0.25) is 14.9 Å². The zero-order valence-electron chi connectivity index (χ0n) is 16.2. The molecule has 11 heteroatoms. The Morgan fingerprint density at radius 1 is 1.06 bits per heavy atom. The summed E-state index contributed by atoms with van der Waals surface area (Å²) in [4.78, 5) is 31.1. The first-order valence-corrected chi connectivity index (χ1v) is 9.76.